The van der Waals surface area contributed by atoms with Crippen LogP contribution in [0.3, 0.4) is 0 Å². The summed E-state index contributed by atoms with van der Waals surface area (Å²) in [5, 5.41) is 2.56. The molecule has 1 atom stereocenters. The van der Waals surface area contributed by atoms with E-state index in [1.54, 1.807) is 33.8 Å². The standard InChI is InChI=1S/C21H28N4O6S/c1-5-25(6-2)32(29,30)16-10-7-9-15(13-16)19(26)23-24-21(28)18(14(3)4)22-20(27)17-11-8-12-31-17/h7-14,18H,5-6H2,1-4H3,(H,22,27)(H,23,26)(H,24,28)/t18-/m0/s1. The number of hydrogen-bond donors (Lipinski definition) is 3. The second-order valence-corrected chi connectivity index (χ2v) is 9.17. The molecule has 174 valence electrons. The van der Waals surface area contributed by atoms with Crippen LogP contribution in [0.4, 0.5) is 0 Å². The minimum Gasteiger partial charge on any atom is -0.459 e. The summed E-state index contributed by atoms with van der Waals surface area (Å²) in [6.07, 6.45) is 1.34. The number of amides is 3. The first-order chi connectivity index (χ1) is 15.1. The van der Waals surface area contributed by atoms with Crippen LogP contribution in [0, 0.1) is 5.92 Å². The molecule has 32 heavy (non-hydrogen) atoms. The summed E-state index contributed by atoms with van der Waals surface area (Å²) in [6.45, 7) is 7.51. The minimum absolute atomic E-state index is 0.0223. The van der Waals surface area contributed by atoms with Gasteiger partial charge in [0.25, 0.3) is 17.7 Å². The number of sulfonamides is 1. The molecule has 0 radical (unpaired) electrons. The van der Waals surface area contributed by atoms with Crippen molar-refractivity contribution >= 4 is 27.7 Å². The monoisotopic (exact) mass is 464 g/mol. The van der Waals surface area contributed by atoms with Crippen molar-refractivity contribution in [3.05, 3.63) is 54.0 Å². The molecule has 0 fully saturated rings. The third kappa shape index (κ3) is 5.95. The molecule has 0 unspecified atom stereocenters. The first kappa shape index (κ1) is 25.1. The zero-order valence-corrected chi connectivity index (χ0v) is 19.2. The zero-order valence-electron chi connectivity index (χ0n) is 18.4. The van der Waals surface area contributed by atoms with E-state index in [0.717, 1.165) is 0 Å². The van der Waals surface area contributed by atoms with Gasteiger partial charge >= 0.3 is 0 Å². The summed E-state index contributed by atoms with van der Waals surface area (Å²) < 4.78 is 31.6. The Kier molecular flexibility index (Phi) is 8.56. The number of nitrogens with zero attached hydrogens (tertiary/aromatic N) is 1. The molecule has 3 N–H and O–H groups in total. The van der Waals surface area contributed by atoms with Crippen molar-refractivity contribution in [1.29, 1.82) is 0 Å². The third-order valence-electron chi connectivity index (χ3n) is 4.72. The Morgan fingerprint density at radius 3 is 2.25 bits per heavy atom. The number of hydrogen-bond acceptors (Lipinski definition) is 6. The number of furan rings is 1. The van der Waals surface area contributed by atoms with Crippen LogP contribution in [0.25, 0.3) is 0 Å². The average Bonchev–Trinajstić information content (AvgIpc) is 3.31. The van der Waals surface area contributed by atoms with Gasteiger partial charge < -0.3 is 9.73 Å². The van der Waals surface area contributed by atoms with Crippen molar-refractivity contribution < 1.29 is 27.2 Å². The molecule has 0 aliphatic rings. The summed E-state index contributed by atoms with van der Waals surface area (Å²) in [4.78, 5) is 37.2. The summed E-state index contributed by atoms with van der Waals surface area (Å²) >= 11 is 0. The first-order valence-electron chi connectivity index (χ1n) is 10.2. The Hall–Kier alpha value is -3.18. The molecule has 0 spiro atoms. The van der Waals surface area contributed by atoms with Crippen LogP contribution in [0.2, 0.25) is 0 Å². The lowest BCUT2D eigenvalue weighted by Gasteiger charge is -2.21. The number of rotatable bonds is 9. The Bertz CT molecular complexity index is 1050. The first-order valence-corrected chi connectivity index (χ1v) is 11.6. The van der Waals surface area contributed by atoms with Crippen LogP contribution < -0.4 is 16.2 Å². The Morgan fingerprint density at radius 2 is 1.69 bits per heavy atom. The lowest BCUT2D eigenvalue weighted by atomic mass is 10.0. The predicted octanol–water partition coefficient (Wildman–Crippen LogP) is 1.53. The molecule has 11 heteroatoms. The molecule has 1 heterocycles. The SMILES string of the molecule is CCN(CC)S(=O)(=O)c1cccc(C(=O)NNC(=O)[C@@H](NC(=O)c2ccco2)C(C)C)c1. The van der Waals surface area contributed by atoms with E-state index in [2.05, 4.69) is 16.2 Å². The zero-order chi connectivity index (χ0) is 23.9. The molecule has 10 nitrogen and oxygen atoms in total. The largest absolute Gasteiger partial charge is 0.459 e. The fourth-order valence-corrected chi connectivity index (χ4v) is 4.44. The van der Waals surface area contributed by atoms with Gasteiger partial charge in [-0.05, 0) is 36.2 Å². The highest BCUT2D eigenvalue weighted by molar-refractivity contribution is 7.89. The maximum atomic E-state index is 12.7. The lowest BCUT2D eigenvalue weighted by molar-refractivity contribution is -0.124. The fraction of sp³-hybridized carbons (Fsp3) is 0.381. The maximum absolute atomic E-state index is 12.7. The van der Waals surface area contributed by atoms with Gasteiger partial charge in [-0.1, -0.05) is 33.8 Å². The molecule has 0 aliphatic heterocycles. The number of carbonyl (C=O) groups is 3. The van der Waals surface area contributed by atoms with Crippen LogP contribution >= 0.6 is 0 Å². The van der Waals surface area contributed by atoms with Gasteiger partial charge in [-0.15, -0.1) is 0 Å². The smallest absolute Gasteiger partial charge is 0.287 e. The van der Waals surface area contributed by atoms with Gasteiger partial charge in [0.2, 0.25) is 10.0 Å². The Balaban J connectivity index is 2.07. The molecule has 0 aliphatic carbocycles. The molecule has 0 saturated heterocycles. The normalized spacial score (nSPS) is 12.4. The van der Waals surface area contributed by atoms with Crippen molar-refractivity contribution in [2.45, 2.75) is 38.6 Å². The van der Waals surface area contributed by atoms with Crippen molar-refractivity contribution in [3.8, 4) is 0 Å². The van der Waals surface area contributed by atoms with Gasteiger partial charge in [-0.2, -0.15) is 4.31 Å². The van der Waals surface area contributed by atoms with E-state index in [0.29, 0.717) is 13.1 Å². The second-order valence-electron chi connectivity index (χ2n) is 7.23. The van der Waals surface area contributed by atoms with E-state index in [-0.39, 0.29) is 22.1 Å². The summed E-state index contributed by atoms with van der Waals surface area (Å²) in [7, 11) is -3.74. The van der Waals surface area contributed by atoms with Crippen molar-refractivity contribution in [1.82, 2.24) is 20.5 Å². The topological polar surface area (TPSA) is 138 Å². The predicted molar refractivity (Wildman–Crippen MR) is 117 cm³/mol. The average molecular weight is 465 g/mol. The number of hydrazine groups is 1. The van der Waals surface area contributed by atoms with Gasteiger partial charge in [-0.25, -0.2) is 8.42 Å². The second kappa shape index (κ2) is 10.9. The molecule has 2 aromatic rings. The molecule has 2 rings (SSSR count). The third-order valence-corrected chi connectivity index (χ3v) is 6.77. The van der Waals surface area contributed by atoms with Crippen LogP contribution in [0.1, 0.15) is 48.6 Å². The highest BCUT2D eigenvalue weighted by Gasteiger charge is 2.26. The van der Waals surface area contributed by atoms with Gasteiger partial charge in [-0.3, -0.25) is 25.2 Å². The van der Waals surface area contributed by atoms with Crippen molar-refractivity contribution in [2.24, 2.45) is 5.92 Å². The van der Waals surface area contributed by atoms with E-state index in [1.807, 2.05) is 0 Å². The molecule has 3 amide bonds. The van der Waals surface area contributed by atoms with Gasteiger partial charge in [0, 0.05) is 18.7 Å². The Morgan fingerprint density at radius 1 is 1.00 bits per heavy atom. The summed E-state index contributed by atoms with van der Waals surface area (Å²) in [6, 6.07) is 7.60. The Labute approximate surface area is 187 Å². The molecule has 1 aromatic carbocycles. The molecule has 0 saturated carbocycles. The van der Waals surface area contributed by atoms with Crippen molar-refractivity contribution in [3.63, 3.8) is 0 Å². The molecule has 0 bridgehead atoms. The van der Waals surface area contributed by atoms with E-state index >= 15 is 0 Å². The highest BCUT2D eigenvalue weighted by Crippen LogP contribution is 2.17. The number of nitrogens with one attached hydrogen (secondary N) is 3. The molecular weight excluding hydrogens is 436 g/mol. The van der Waals surface area contributed by atoms with E-state index in [9.17, 15) is 22.8 Å². The van der Waals surface area contributed by atoms with Crippen LogP contribution in [-0.2, 0) is 14.8 Å². The maximum Gasteiger partial charge on any atom is 0.287 e. The van der Waals surface area contributed by atoms with E-state index in [4.69, 9.17) is 4.42 Å². The summed E-state index contributed by atoms with van der Waals surface area (Å²) in [5.74, 6) is -2.13. The lowest BCUT2D eigenvalue weighted by Crippen LogP contribution is -2.54. The quantitative estimate of drug-likeness (QED) is 0.481. The van der Waals surface area contributed by atoms with E-state index in [1.165, 1.54) is 40.9 Å². The highest BCUT2D eigenvalue weighted by atomic mass is 32.2. The van der Waals surface area contributed by atoms with Gasteiger partial charge in [0.05, 0.1) is 11.2 Å². The van der Waals surface area contributed by atoms with Crippen LogP contribution in [0.15, 0.2) is 52.0 Å². The number of benzene rings is 1. The van der Waals surface area contributed by atoms with Gasteiger partial charge in [0.1, 0.15) is 6.04 Å². The summed E-state index contributed by atoms with van der Waals surface area (Å²) in [5.41, 5.74) is 4.58. The molecule has 1 aromatic heterocycles. The minimum atomic E-state index is -3.74. The van der Waals surface area contributed by atoms with Crippen LogP contribution in [0.5, 0.6) is 0 Å². The fourth-order valence-electron chi connectivity index (χ4n) is 2.93. The molecular formula is C21H28N4O6S. The number of carbonyl (C=O) groups excluding carboxylic acids is 3. The van der Waals surface area contributed by atoms with Crippen molar-refractivity contribution in [2.75, 3.05) is 13.1 Å². The van der Waals surface area contributed by atoms with E-state index < -0.39 is 33.8 Å². The van der Waals surface area contributed by atoms with Crippen LogP contribution in [-0.4, -0.2) is 49.6 Å². The van der Waals surface area contributed by atoms with Gasteiger partial charge in [0.15, 0.2) is 5.76 Å².